The predicted octanol–water partition coefficient (Wildman–Crippen LogP) is 3.09. The van der Waals surface area contributed by atoms with Crippen LogP contribution in [0.2, 0.25) is 0 Å². The molecule has 23 heavy (non-hydrogen) atoms. The van der Waals surface area contributed by atoms with Crippen LogP contribution in [-0.4, -0.2) is 29.1 Å². The minimum Gasteiger partial charge on any atom is -0.221 e. The van der Waals surface area contributed by atoms with Crippen molar-refractivity contribution in [3.8, 4) is 0 Å². The molecule has 2 aromatic heterocycles. The van der Waals surface area contributed by atoms with Gasteiger partial charge in [-0.1, -0.05) is 51.4 Å². The topological polar surface area (TPSA) is 76.4 Å². The number of nitrogens with zero attached hydrogens (tertiary/aromatic N) is 3. The summed E-state index contributed by atoms with van der Waals surface area (Å²) >= 11 is 1.47. The maximum Gasteiger partial charge on any atom is 0.260 e. The Kier molecular flexibility index (Phi) is 4.75. The molecule has 0 aromatic carbocycles. The number of fused-ring (bicyclic) bond motifs is 1. The highest BCUT2D eigenvalue weighted by molar-refractivity contribution is 7.89. The van der Waals surface area contributed by atoms with E-state index in [2.05, 4.69) is 14.8 Å². The van der Waals surface area contributed by atoms with Crippen LogP contribution in [0.5, 0.6) is 0 Å². The molecule has 6 nitrogen and oxygen atoms in total. The van der Waals surface area contributed by atoms with Gasteiger partial charge in [0, 0.05) is 12.0 Å². The third-order valence-electron chi connectivity index (χ3n) is 4.26. The van der Waals surface area contributed by atoms with Gasteiger partial charge in [-0.05, 0) is 19.3 Å². The van der Waals surface area contributed by atoms with Crippen LogP contribution in [0.15, 0.2) is 5.03 Å². The Bertz CT molecular complexity index is 786. The smallest absolute Gasteiger partial charge is 0.221 e. The number of aryl methyl sites for hydroxylation is 1. The lowest BCUT2D eigenvalue weighted by Crippen LogP contribution is -2.37. The summed E-state index contributed by atoms with van der Waals surface area (Å²) in [6.45, 7) is 6.02. The average Bonchev–Trinajstić information content (AvgIpc) is 3.04. The molecule has 1 N–H and O–H groups in total. The molecule has 0 radical (unpaired) electrons. The van der Waals surface area contributed by atoms with E-state index in [4.69, 9.17) is 0 Å². The summed E-state index contributed by atoms with van der Waals surface area (Å²) in [4.78, 5) is 5.16. The van der Waals surface area contributed by atoms with Crippen molar-refractivity contribution in [3.05, 3.63) is 10.7 Å². The number of imidazole rings is 1. The SMILES string of the molecule is CCc1nc2sc(C(C)C)nn2c1S(=O)(=O)NC1CCCCC1. The highest BCUT2D eigenvalue weighted by atomic mass is 32.2. The first-order chi connectivity index (χ1) is 10.9. The molecular weight excluding hydrogens is 332 g/mol. The van der Waals surface area contributed by atoms with E-state index in [1.54, 1.807) is 0 Å². The predicted molar refractivity (Wildman–Crippen MR) is 91.5 cm³/mol. The van der Waals surface area contributed by atoms with Gasteiger partial charge in [0.25, 0.3) is 10.0 Å². The second kappa shape index (κ2) is 6.49. The summed E-state index contributed by atoms with van der Waals surface area (Å²) in [6, 6.07) is 0.0345. The van der Waals surface area contributed by atoms with Gasteiger partial charge in [0.2, 0.25) is 4.96 Å². The van der Waals surface area contributed by atoms with E-state index in [0.29, 0.717) is 17.1 Å². The molecule has 1 saturated carbocycles. The molecule has 0 saturated heterocycles. The standard InChI is InChI=1S/C15H24N4O2S2/c1-4-12-14(19-15(16-12)22-13(17-19)10(2)3)23(20,21)18-11-8-6-5-7-9-11/h10-11,18H,4-9H2,1-3H3. The van der Waals surface area contributed by atoms with Crippen molar-refractivity contribution in [1.29, 1.82) is 0 Å². The third-order valence-corrected chi connectivity index (χ3v) is 7.03. The van der Waals surface area contributed by atoms with E-state index in [1.165, 1.54) is 22.3 Å². The molecule has 0 unspecified atom stereocenters. The van der Waals surface area contributed by atoms with Gasteiger partial charge >= 0.3 is 0 Å². The summed E-state index contributed by atoms with van der Waals surface area (Å²) in [7, 11) is -3.60. The first-order valence-corrected chi connectivity index (χ1v) is 10.6. The van der Waals surface area contributed by atoms with Crippen LogP contribution in [0.3, 0.4) is 0 Å². The number of sulfonamides is 1. The van der Waals surface area contributed by atoms with Crippen molar-refractivity contribution in [1.82, 2.24) is 19.3 Å². The first-order valence-electron chi connectivity index (χ1n) is 8.33. The highest BCUT2D eigenvalue weighted by Gasteiger charge is 2.30. The highest BCUT2D eigenvalue weighted by Crippen LogP contribution is 2.27. The zero-order valence-electron chi connectivity index (χ0n) is 13.9. The molecule has 0 aliphatic heterocycles. The van der Waals surface area contributed by atoms with E-state index >= 15 is 0 Å². The molecule has 3 rings (SSSR count). The molecule has 128 valence electrons. The lowest BCUT2D eigenvalue weighted by molar-refractivity contribution is 0.411. The fourth-order valence-electron chi connectivity index (χ4n) is 3.01. The second-order valence-electron chi connectivity index (χ2n) is 6.46. The summed E-state index contributed by atoms with van der Waals surface area (Å²) < 4.78 is 30.3. The van der Waals surface area contributed by atoms with Gasteiger partial charge in [-0.2, -0.15) is 9.61 Å². The van der Waals surface area contributed by atoms with Gasteiger partial charge in [-0.15, -0.1) is 0 Å². The Hall–Kier alpha value is -0.990. The van der Waals surface area contributed by atoms with E-state index in [0.717, 1.165) is 30.7 Å². The van der Waals surface area contributed by atoms with Crippen LogP contribution in [0.4, 0.5) is 0 Å². The van der Waals surface area contributed by atoms with Crippen LogP contribution < -0.4 is 4.72 Å². The van der Waals surface area contributed by atoms with Crippen LogP contribution >= 0.6 is 11.3 Å². The zero-order chi connectivity index (χ0) is 16.6. The first kappa shape index (κ1) is 16.9. The van der Waals surface area contributed by atoms with Crippen LogP contribution in [0.1, 0.15) is 69.5 Å². The minimum absolute atomic E-state index is 0.0345. The molecule has 2 aromatic rings. The van der Waals surface area contributed by atoms with Gasteiger partial charge in [-0.3, -0.25) is 0 Å². The van der Waals surface area contributed by atoms with Gasteiger partial charge < -0.3 is 0 Å². The molecule has 2 heterocycles. The van der Waals surface area contributed by atoms with Crippen molar-refractivity contribution in [2.24, 2.45) is 0 Å². The van der Waals surface area contributed by atoms with E-state index in [-0.39, 0.29) is 17.0 Å². The van der Waals surface area contributed by atoms with E-state index < -0.39 is 10.0 Å². The van der Waals surface area contributed by atoms with Gasteiger partial charge in [0.15, 0.2) is 5.03 Å². The molecule has 0 bridgehead atoms. The lowest BCUT2D eigenvalue weighted by Gasteiger charge is -2.22. The van der Waals surface area contributed by atoms with E-state index in [9.17, 15) is 8.42 Å². The lowest BCUT2D eigenvalue weighted by atomic mass is 9.96. The van der Waals surface area contributed by atoms with E-state index in [1.807, 2.05) is 20.8 Å². The molecule has 8 heteroatoms. The van der Waals surface area contributed by atoms with Crippen molar-refractivity contribution >= 4 is 26.3 Å². The molecule has 1 aliphatic rings. The van der Waals surface area contributed by atoms with Crippen LogP contribution in [-0.2, 0) is 16.4 Å². The number of rotatable bonds is 5. The fourth-order valence-corrected chi connectivity index (χ4v) is 5.63. The van der Waals surface area contributed by atoms with Crippen molar-refractivity contribution in [3.63, 3.8) is 0 Å². The normalized spacial score (nSPS) is 17.4. The Morgan fingerprint density at radius 3 is 2.61 bits per heavy atom. The molecule has 1 aliphatic carbocycles. The van der Waals surface area contributed by atoms with Crippen molar-refractivity contribution in [2.45, 2.75) is 76.3 Å². The summed E-state index contributed by atoms with van der Waals surface area (Å²) in [5.41, 5.74) is 0.599. The molecule has 0 atom stereocenters. The maximum atomic E-state index is 12.9. The quantitative estimate of drug-likeness (QED) is 0.893. The Morgan fingerprint density at radius 1 is 1.30 bits per heavy atom. The molecular formula is C15H24N4O2S2. The fraction of sp³-hybridized carbons (Fsp3) is 0.733. The van der Waals surface area contributed by atoms with Gasteiger partial charge in [0.05, 0.1) is 5.69 Å². The summed E-state index contributed by atoms with van der Waals surface area (Å²) in [5.74, 6) is 0.258. The van der Waals surface area contributed by atoms with Crippen molar-refractivity contribution < 1.29 is 8.42 Å². The number of hydrogen-bond donors (Lipinski definition) is 1. The maximum absolute atomic E-state index is 12.9. The number of aromatic nitrogens is 3. The number of nitrogens with one attached hydrogen (secondary N) is 1. The van der Waals surface area contributed by atoms with Crippen LogP contribution in [0, 0.1) is 0 Å². The monoisotopic (exact) mass is 356 g/mol. The number of hydrogen-bond acceptors (Lipinski definition) is 5. The van der Waals surface area contributed by atoms with Crippen LogP contribution in [0.25, 0.3) is 4.96 Å². The Labute approximate surface area is 141 Å². The summed E-state index contributed by atoms with van der Waals surface area (Å²) in [5, 5.41) is 5.63. The zero-order valence-corrected chi connectivity index (χ0v) is 15.5. The summed E-state index contributed by atoms with van der Waals surface area (Å²) in [6.07, 6.45) is 5.77. The van der Waals surface area contributed by atoms with Gasteiger partial charge in [0.1, 0.15) is 5.01 Å². The Morgan fingerprint density at radius 2 is 2.00 bits per heavy atom. The molecule has 1 fully saturated rings. The molecule has 0 amide bonds. The largest absolute Gasteiger partial charge is 0.260 e. The second-order valence-corrected chi connectivity index (χ2v) is 9.08. The minimum atomic E-state index is -3.60. The van der Waals surface area contributed by atoms with Gasteiger partial charge in [-0.25, -0.2) is 18.1 Å². The third kappa shape index (κ3) is 3.29. The Balaban J connectivity index is 2.01. The van der Waals surface area contributed by atoms with Crippen molar-refractivity contribution in [2.75, 3.05) is 0 Å². The molecule has 0 spiro atoms. The average molecular weight is 357 g/mol.